The Balaban J connectivity index is 2.32. The van der Waals surface area contributed by atoms with Crippen LogP contribution in [0.3, 0.4) is 0 Å². The van der Waals surface area contributed by atoms with Crippen LogP contribution in [0.2, 0.25) is 0 Å². The van der Waals surface area contributed by atoms with Crippen molar-refractivity contribution in [2.24, 2.45) is 0 Å². The second-order valence-corrected chi connectivity index (χ2v) is 5.02. The molecule has 0 saturated heterocycles. The third-order valence-electron chi connectivity index (χ3n) is 3.56. The van der Waals surface area contributed by atoms with E-state index in [1.165, 1.54) is 6.92 Å². The van der Waals surface area contributed by atoms with Crippen LogP contribution in [0.5, 0.6) is 0 Å². The molecule has 21 heavy (non-hydrogen) atoms. The van der Waals surface area contributed by atoms with Gasteiger partial charge in [0.25, 0.3) is 0 Å². The molecule has 0 bridgehead atoms. The third-order valence-corrected chi connectivity index (χ3v) is 3.56. The molecule has 3 rings (SSSR count). The van der Waals surface area contributed by atoms with Crippen LogP contribution in [-0.2, 0) is 0 Å². The Labute approximate surface area is 121 Å². The first-order chi connectivity index (χ1) is 10.1. The minimum atomic E-state index is -0.0989. The van der Waals surface area contributed by atoms with Gasteiger partial charge in [0.05, 0.1) is 5.39 Å². The van der Waals surface area contributed by atoms with Crippen LogP contribution in [0.1, 0.15) is 22.8 Å². The molecule has 0 radical (unpaired) electrons. The summed E-state index contributed by atoms with van der Waals surface area (Å²) in [6, 6.07) is 14.5. The fourth-order valence-corrected chi connectivity index (χ4v) is 2.37. The minimum Gasteiger partial charge on any atom is -0.456 e. The molecule has 0 amide bonds. The Hall–Kier alpha value is -2.68. The maximum atomic E-state index is 12.5. The number of Topliss-reactive ketones (excluding diaryl/α,β-unsaturated/α-hetero) is 1. The van der Waals surface area contributed by atoms with Gasteiger partial charge < -0.3 is 4.42 Å². The van der Waals surface area contributed by atoms with E-state index in [0.29, 0.717) is 27.9 Å². The predicted molar refractivity (Wildman–Crippen MR) is 82.7 cm³/mol. The van der Waals surface area contributed by atoms with Crippen molar-refractivity contribution in [1.82, 2.24) is 0 Å². The number of carbonyl (C=O) groups is 1. The Morgan fingerprint density at radius 2 is 1.76 bits per heavy atom. The third kappa shape index (κ3) is 2.27. The Morgan fingerprint density at radius 3 is 2.43 bits per heavy atom. The SMILES string of the molecule is CC(=O)c1ccc2oc(-c3ccccc3)c(C)c(=O)c2c1. The Kier molecular flexibility index (Phi) is 3.18. The first-order valence-electron chi connectivity index (χ1n) is 6.72. The van der Waals surface area contributed by atoms with Gasteiger partial charge in [-0.15, -0.1) is 0 Å². The molecule has 1 heterocycles. The van der Waals surface area contributed by atoms with Crippen molar-refractivity contribution < 1.29 is 9.21 Å². The molecule has 0 unspecified atom stereocenters. The standard InChI is InChI=1S/C18H14O3/c1-11-17(20)15-10-14(12(2)19)8-9-16(15)21-18(11)13-6-4-3-5-7-13/h3-10H,1-2H3. The molecule has 0 atom stereocenters. The van der Waals surface area contributed by atoms with Crippen molar-refractivity contribution in [3.63, 3.8) is 0 Å². The molecule has 3 heteroatoms. The molecule has 104 valence electrons. The van der Waals surface area contributed by atoms with Gasteiger partial charge in [-0.3, -0.25) is 9.59 Å². The largest absolute Gasteiger partial charge is 0.456 e. The van der Waals surface area contributed by atoms with Gasteiger partial charge >= 0.3 is 0 Å². The van der Waals surface area contributed by atoms with Crippen molar-refractivity contribution in [1.29, 1.82) is 0 Å². The fourth-order valence-electron chi connectivity index (χ4n) is 2.37. The van der Waals surface area contributed by atoms with E-state index in [9.17, 15) is 9.59 Å². The van der Waals surface area contributed by atoms with E-state index in [4.69, 9.17) is 4.42 Å². The van der Waals surface area contributed by atoms with Crippen LogP contribution in [0, 0.1) is 6.92 Å². The number of ketones is 1. The summed E-state index contributed by atoms with van der Waals surface area (Å²) < 4.78 is 5.88. The zero-order chi connectivity index (χ0) is 15.0. The number of rotatable bonds is 2. The molecule has 0 spiro atoms. The fraction of sp³-hybridized carbons (Fsp3) is 0.111. The predicted octanol–water partition coefficient (Wildman–Crippen LogP) is 3.97. The summed E-state index contributed by atoms with van der Waals surface area (Å²) in [5.41, 5.74) is 2.33. The van der Waals surface area contributed by atoms with E-state index in [0.717, 1.165) is 5.56 Å². The Bertz CT molecular complexity index is 889. The summed E-state index contributed by atoms with van der Waals surface area (Å²) in [6.45, 7) is 3.22. The maximum Gasteiger partial charge on any atom is 0.196 e. The van der Waals surface area contributed by atoms with Crippen LogP contribution < -0.4 is 5.43 Å². The van der Waals surface area contributed by atoms with Gasteiger partial charge in [-0.05, 0) is 32.0 Å². The normalized spacial score (nSPS) is 10.8. The Morgan fingerprint density at radius 1 is 1.05 bits per heavy atom. The molecule has 0 fully saturated rings. The highest BCUT2D eigenvalue weighted by molar-refractivity contribution is 5.97. The van der Waals surface area contributed by atoms with Crippen LogP contribution in [-0.4, -0.2) is 5.78 Å². The summed E-state index contributed by atoms with van der Waals surface area (Å²) in [6.07, 6.45) is 0. The number of fused-ring (bicyclic) bond motifs is 1. The molecule has 2 aromatic carbocycles. The van der Waals surface area contributed by atoms with Crippen LogP contribution >= 0.6 is 0 Å². The van der Waals surface area contributed by atoms with Crippen molar-refractivity contribution >= 4 is 16.8 Å². The molecule has 0 aliphatic carbocycles. The second kappa shape index (κ2) is 5.02. The summed E-state index contributed by atoms with van der Waals surface area (Å²) in [5, 5.41) is 0.444. The molecule has 0 saturated carbocycles. The van der Waals surface area contributed by atoms with Gasteiger partial charge in [0.2, 0.25) is 0 Å². The summed E-state index contributed by atoms with van der Waals surface area (Å²) in [7, 11) is 0. The maximum absolute atomic E-state index is 12.5. The minimum absolute atomic E-state index is 0.0684. The van der Waals surface area contributed by atoms with Gasteiger partial charge in [-0.25, -0.2) is 0 Å². The van der Waals surface area contributed by atoms with E-state index in [2.05, 4.69) is 0 Å². The first-order valence-corrected chi connectivity index (χ1v) is 6.72. The average Bonchev–Trinajstić information content (AvgIpc) is 2.51. The van der Waals surface area contributed by atoms with E-state index in [-0.39, 0.29) is 11.2 Å². The molecular formula is C18H14O3. The first kappa shape index (κ1) is 13.3. The lowest BCUT2D eigenvalue weighted by Crippen LogP contribution is -2.08. The summed E-state index contributed by atoms with van der Waals surface area (Å²) >= 11 is 0. The summed E-state index contributed by atoms with van der Waals surface area (Å²) in [4.78, 5) is 24.0. The molecule has 3 nitrogen and oxygen atoms in total. The molecule has 0 aliphatic rings. The molecule has 0 aliphatic heterocycles. The van der Waals surface area contributed by atoms with Gasteiger partial charge in [-0.2, -0.15) is 0 Å². The lowest BCUT2D eigenvalue weighted by atomic mass is 10.0. The van der Waals surface area contributed by atoms with E-state index in [1.807, 2.05) is 30.3 Å². The number of hydrogen-bond acceptors (Lipinski definition) is 3. The van der Waals surface area contributed by atoms with E-state index < -0.39 is 0 Å². The highest BCUT2D eigenvalue weighted by Gasteiger charge is 2.13. The molecule has 3 aromatic rings. The molecule has 1 aromatic heterocycles. The number of benzene rings is 2. The molecule has 0 N–H and O–H groups in total. The highest BCUT2D eigenvalue weighted by atomic mass is 16.3. The summed E-state index contributed by atoms with van der Waals surface area (Å²) in [5.74, 6) is 0.504. The van der Waals surface area contributed by atoms with E-state index in [1.54, 1.807) is 25.1 Å². The highest BCUT2D eigenvalue weighted by Crippen LogP contribution is 2.25. The van der Waals surface area contributed by atoms with Crippen molar-refractivity contribution in [3.05, 3.63) is 69.9 Å². The van der Waals surface area contributed by atoms with Crippen molar-refractivity contribution in [2.45, 2.75) is 13.8 Å². The lowest BCUT2D eigenvalue weighted by Gasteiger charge is -2.07. The van der Waals surface area contributed by atoms with Crippen molar-refractivity contribution in [2.75, 3.05) is 0 Å². The van der Waals surface area contributed by atoms with Crippen molar-refractivity contribution in [3.8, 4) is 11.3 Å². The zero-order valence-electron chi connectivity index (χ0n) is 11.8. The van der Waals surface area contributed by atoms with Crippen LogP contribution in [0.4, 0.5) is 0 Å². The smallest absolute Gasteiger partial charge is 0.196 e. The molecular weight excluding hydrogens is 264 g/mol. The van der Waals surface area contributed by atoms with Crippen LogP contribution in [0.25, 0.3) is 22.3 Å². The zero-order valence-corrected chi connectivity index (χ0v) is 11.8. The quantitative estimate of drug-likeness (QED) is 0.666. The number of carbonyl (C=O) groups excluding carboxylic acids is 1. The van der Waals surface area contributed by atoms with E-state index >= 15 is 0 Å². The van der Waals surface area contributed by atoms with Crippen LogP contribution in [0.15, 0.2) is 57.7 Å². The van der Waals surface area contributed by atoms with Gasteiger partial charge in [0, 0.05) is 16.7 Å². The lowest BCUT2D eigenvalue weighted by molar-refractivity contribution is 0.101. The average molecular weight is 278 g/mol. The second-order valence-electron chi connectivity index (χ2n) is 5.02. The number of hydrogen-bond donors (Lipinski definition) is 0. The van der Waals surface area contributed by atoms with Gasteiger partial charge in [0.15, 0.2) is 11.2 Å². The van der Waals surface area contributed by atoms with Gasteiger partial charge in [-0.1, -0.05) is 30.3 Å². The van der Waals surface area contributed by atoms with Gasteiger partial charge in [0.1, 0.15) is 11.3 Å². The topological polar surface area (TPSA) is 47.3 Å². The monoisotopic (exact) mass is 278 g/mol.